The van der Waals surface area contributed by atoms with Gasteiger partial charge in [-0.15, -0.1) is 0 Å². The van der Waals surface area contributed by atoms with E-state index in [4.69, 9.17) is 0 Å². The van der Waals surface area contributed by atoms with Crippen molar-refractivity contribution in [3.8, 4) is 0 Å². The van der Waals surface area contributed by atoms with Crippen molar-refractivity contribution in [2.45, 2.75) is 0 Å². The first-order chi connectivity index (χ1) is 2.41. The van der Waals surface area contributed by atoms with Crippen LogP contribution in [0.3, 0.4) is 0 Å². The molecule has 0 bridgehead atoms. The summed E-state index contributed by atoms with van der Waals surface area (Å²) in [6, 6.07) is 0. The van der Waals surface area contributed by atoms with Crippen molar-refractivity contribution in [3.63, 3.8) is 0 Å². The van der Waals surface area contributed by atoms with E-state index in [1.165, 1.54) is 11.1 Å². The van der Waals surface area contributed by atoms with Crippen LogP contribution in [0.2, 0.25) is 0 Å². The Morgan fingerprint density at radius 2 is 2.60 bits per heavy atom. The summed E-state index contributed by atoms with van der Waals surface area (Å²) in [4.78, 5) is 0. The molecule has 5 heavy (non-hydrogen) atoms. The maximum absolute atomic E-state index is 3.71. The third kappa shape index (κ3) is 4.62. The summed E-state index contributed by atoms with van der Waals surface area (Å²) >= 11 is 3.58. The van der Waals surface area contributed by atoms with E-state index in [0.29, 0.717) is 0 Å². The van der Waals surface area contributed by atoms with Crippen molar-refractivity contribution in [3.05, 3.63) is 0 Å². The largest absolute Gasteiger partial charge is 0.233 e. The molecule has 0 aliphatic heterocycles. The van der Waals surface area contributed by atoms with Crippen LogP contribution in [0, 0.1) is 0 Å². The Hall–Kier alpha value is 0.620. The Bertz CT molecular complexity index is 58.0. The highest BCUT2D eigenvalue weighted by atomic mass is 127. The van der Waals surface area contributed by atoms with Gasteiger partial charge in [0.2, 0.25) is 0 Å². The summed E-state index contributed by atoms with van der Waals surface area (Å²) in [6.07, 6.45) is 0. The molecule has 0 saturated heterocycles. The van der Waals surface area contributed by atoms with Gasteiger partial charge in [-0.1, -0.05) is 0 Å². The molecular weight excluding hydrogens is 197 g/mol. The third-order valence-corrected chi connectivity index (χ3v) is 1.12. The molecule has 0 heterocycles. The number of nitrogens with zero attached hydrogens (tertiary/aromatic N) is 1. The Morgan fingerprint density at radius 1 is 2.00 bits per heavy atom. The van der Waals surface area contributed by atoms with Gasteiger partial charge in [0.25, 0.3) is 0 Å². The standard InChI is InChI=1S/C2H4INS/c1-4-5-2-3/h2H,1H3. The molecule has 1 nitrogen and oxygen atoms in total. The van der Waals surface area contributed by atoms with Crippen LogP contribution in [-0.2, 0) is 11.1 Å². The van der Waals surface area contributed by atoms with Crippen LogP contribution in [0.15, 0.2) is 4.36 Å². The van der Waals surface area contributed by atoms with E-state index in [0.717, 1.165) is 0 Å². The summed E-state index contributed by atoms with van der Waals surface area (Å²) < 4.78 is 5.61. The van der Waals surface area contributed by atoms with Gasteiger partial charge in [-0.3, -0.25) is 0 Å². The topological polar surface area (TPSA) is 12.4 Å². The molecule has 0 unspecified atom stereocenters. The molecule has 0 aliphatic rings. The molecule has 0 aromatic heterocycles. The number of halogens is 1. The molecule has 0 N–H and O–H groups in total. The first kappa shape index (κ1) is 5.62. The normalized spacial score (nSPS) is 6.00. The van der Waals surface area contributed by atoms with E-state index in [1.807, 2.05) is 3.37 Å². The maximum Gasteiger partial charge on any atom is 0.0479 e. The molecular formula is C2H4INS. The van der Waals surface area contributed by atoms with E-state index < -0.39 is 0 Å². The van der Waals surface area contributed by atoms with Crippen molar-refractivity contribution in [2.24, 2.45) is 4.36 Å². The highest BCUT2D eigenvalue weighted by Crippen LogP contribution is 1.60. The van der Waals surface area contributed by atoms with E-state index >= 15 is 0 Å². The van der Waals surface area contributed by atoms with Gasteiger partial charge in [-0.05, 0) is 33.7 Å². The first-order valence-electron chi connectivity index (χ1n) is 1.08. The van der Waals surface area contributed by atoms with Crippen LogP contribution >= 0.6 is 22.6 Å². The van der Waals surface area contributed by atoms with E-state index in [2.05, 4.69) is 27.0 Å². The van der Waals surface area contributed by atoms with Crippen LogP contribution in [0.5, 0.6) is 0 Å². The predicted octanol–water partition coefficient (Wildman–Crippen LogP) is 1.08. The van der Waals surface area contributed by atoms with Crippen LogP contribution in [-0.4, -0.2) is 10.4 Å². The van der Waals surface area contributed by atoms with Crippen molar-refractivity contribution in [2.75, 3.05) is 7.05 Å². The lowest BCUT2D eigenvalue weighted by molar-refractivity contribution is 1.53. The van der Waals surface area contributed by atoms with Crippen LogP contribution in [0.4, 0.5) is 0 Å². The monoisotopic (exact) mass is 201 g/mol. The van der Waals surface area contributed by atoms with Gasteiger partial charge in [-0.25, -0.2) is 4.36 Å². The van der Waals surface area contributed by atoms with Gasteiger partial charge >= 0.3 is 0 Å². The molecule has 30 valence electrons. The fraction of sp³-hybridized carbons (Fsp3) is 0.500. The minimum absolute atomic E-state index is 1.45. The van der Waals surface area contributed by atoms with Gasteiger partial charge in [0, 0.05) is 10.4 Å². The Labute approximate surface area is 48.6 Å². The zero-order valence-electron chi connectivity index (χ0n) is 2.81. The number of hydrogen-bond donors (Lipinski definition) is 0. The first-order valence-corrected chi connectivity index (χ1v) is 3.17. The summed E-state index contributed by atoms with van der Waals surface area (Å²) in [5.74, 6) is 0. The molecule has 0 atom stereocenters. The average molecular weight is 201 g/mol. The smallest absolute Gasteiger partial charge is 0.0479 e. The number of hydrogen-bond acceptors (Lipinski definition) is 1. The molecule has 0 aromatic carbocycles. The fourth-order valence-corrected chi connectivity index (χ4v) is 0.802. The van der Waals surface area contributed by atoms with E-state index in [9.17, 15) is 0 Å². The second-order valence-corrected chi connectivity index (χ2v) is 2.66. The van der Waals surface area contributed by atoms with E-state index in [1.54, 1.807) is 7.05 Å². The molecule has 0 aliphatic carbocycles. The maximum atomic E-state index is 3.71. The van der Waals surface area contributed by atoms with Crippen molar-refractivity contribution < 1.29 is 0 Å². The molecule has 0 aromatic rings. The van der Waals surface area contributed by atoms with Crippen molar-refractivity contribution in [1.82, 2.24) is 0 Å². The predicted molar refractivity (Wildman–Crippen MR) is 35.8 cm³/mol. The summed E-state index contributed by atoms with van der Waals surface area (Å²) in [5.41, 5.74) is 0. The molecule has 3 heteroatoms. The quantitative estimate of drug-likeness (QED) is 0.316. The highest BCUT2D eigenvalue weighted by molar-refractivity contribution is 14.1. The fourth-order valence-electron chi connectivity index (χ4n) is 0.0398. The zero-order valence-corrected chi connectivity index (χ0v) is 5.78. The number of rotatable bonds is 0. The van der Waals surface area contributed by atoms with Gasteiger partial charge in [-0.2, -0.15) is 0 Å². The SMILES string of the molecule is CN=S=CI. The highest BCUT2D eigenvalue weighted by Gasteiger charge is 1.37. The summed E-state index contributed by atoms with van der Waals surface area (Å²) in [7, 11) is 1.76. The van der Waals surface area contributed by atoms with Gasteiger partial charge in [0.05, 0.1) is 0 Å². The minimum atomic E-state index is 1.45. The zero-order chi connectivity index (χ0) is 4.12. The third-order valence-electron chi connectivity index (χ3n) is 0.145. The lowest BCUT2D eigenvalue weighted by Crippen LogP contribution is -1.40. The molecule has 0 amide bonds. The Morgan fingerprint density at radius 3 is 2.60 bits per heavy atom. The molecule has 0 rings (SSSR count). The molecule has 0 fully saturated rings. The lowest BCUT2D eigenvalue weighted by Gasteiger charge is -1.48. The Kier molecular flexibility index (Phi) is 5.19. The van der Waals surface area contributed by atoms with Crippen LogP contribution in [0.25, 0.3) is 0 Å². The Balaban J connectivity index is 3.26. The van der Waals surface area contributed by atoms with Gasteiger partial charge in [0.1, 0.15) is 0 Å². The van der Waals surface area contributed by atoms with Crippen LogP contribution in [0.1, 0.15) is 0 Å². The second kappa shape index (κ2) is 4.62. The van der Waals surface area contributed by atoms with Gasteiger partial charge in [0.15, 0.2) is 0 Å². The summed E-state index contributed by atoms with van der Waals surface area (Å²) in [6.45, 7) is 0. The molecule has 0 spiro atoms. The second-order valence-electron chi connectivity index (χ2n) is 0.377. The van der Waals surface area contributed by atoms with E-state index in [-0.39, 0.29) is 0 Å². The van der Waals surface area contributed by atoms with Crippen molar-refractivity contribution in [1.29, 1.82) is 0 Å². The van der Waals surface area contributed by atoms with Crippen molar-refractivity contribution >= 4 is 37.1 Å². The van der Waals surface area contributed by atoms with Crippen LogP contribution < -0.4 is 0 Å². The average Bonchev–Trinajstić information content (AvgIpc) is 1.41. The lowest BCUT2D eigenvalue weighted by atomic mass is 11.6. The summed E-state index contributed by atoms with van der Waals surface area (Å²) in [5, 5.41) is 0. The minimum Gasteiger partial charge on any atom is -0.233 e. The molecule has 0 saturated carbocycles. The van der Waals surface area contributed by atoms with Gasteiger partial charge < -0.3 is 0 Å². The molecule has 0 radical (unpaired) electrons.